The van der Waals surface area contributed by atoms with Crippen LogP contribution in [0.4, 0.5) is 17.5 Å². The van der Waals surface area contributed by atoms with Crippen molar-refractivity contribution in [2.75, 3.05) is 10.6 Å². The van der Waals surface area contributed by atoms with Gasteiger partial charge in [0.05, 0.1) is 28.4 Å². The second kappa shape index (κ2) is 10.1. The molecule has 0 bridgehead atoms. The highest BCUT2D eigenvalue weighted by atomic mass is 35.5. The number of halogens is 1. The molecule has 3 aromatic heterocycles. The minimum atomic E-state index is 0.0107. The van der Waals surface area contributed by atoms with Gasteiger partial charge in [-0.1, -0.05) is 44.5 Å². The first kappa shape index (κ1) is 24.6. The van der Waals surface area contributed by atoms with Crippen LogP contribution < -0.4 is 15.4 Å². The van der Waals surface area contributed by atoms with Crippen LogP contribution in [-0.2, 0) is 18.5 Å². The van der Waals surface area contributed by atoms with Crippen molar-refractivity contribution in [2.45, 2.75) is 46.2 Å². The van der Waals surface area contributed by atoms with E-state index in [0.717, 1.165) is 46.3 Å². The van der Waals surface area contributed by atoms with Gasteiger partial charge in [-0.2, -0.15) is 5.10 Å². The Bertz CT molecular complexity index is 1500. The number of imidazole rings is 1. The molecule has 37 heavy (non-hydrogen) atoms. The lowest BCUT2D eigenvalue weighted by Crippen LogP contribution is -2.11. The third-order valence-corrected chi connectivity index (χ3v) is 6.10. The van der Waals surface area contributed by atoms with E-state index in [1.807, 2.05) is 42.5 Å². The molecule has 0 fully saturated rings. The SMILES string of the molecule is CCn1c(NCc2ccc(Oc3ncc(Cl)cn3)cc2)nc2ccc(Nc3cc(C(C)(C)C)[nH]n3)cc21. The maximum atomic E-state index is 5.82. The fourth-order valence-electron chi connectivity index (χ4n) is 3.89. The first-order valence-electron chi connectivity index (χ1n) is 12.1. The summed E-state index contributed by atoms with van der Waals surface area (Å²) in [6.07, 6.45) is 3.00. The van der Waals surface area contributed by atoms with Crippen LogP contribution in [0.3, 0.4) is 0 Å². The summed E-state index contributed by atoms with van der Waals surface area (Å²) in [5.41, 5.74) is 5.12. The second-order valence-electron chi connectivity index (χ2n) is 9.71. The van der Waals surface area contributed by atoms with Gasteiger partial charge in [-0.3, -0.25) is 5.10 Å². The molecule has 0 saturated heterocycles. The lowest BCUT2D eigenvalue weighted by molar-refractivity contribution is 0.441. The van der Waals surface area contributed by atoms with E-state index < -0.39 is 0 Å². The van der Waals surface area contributed by atoms with Crippen LogP contribution in [0, 0.1) is 0 Å². The molecule has 0 aliphatic rings. The zero-order valence-electron chi connectivity index (χ0n) is 21.2. The average molecular weight is 517 g/mol. The molecule has 2 aromatic carbocycles. The number of aryl methyl sites for hydroxylation is 1. The van der Waals surface area contributed by atoms with Gasteiger partial charge in [-0.25, -0.2) is 15.0 Å². The maximum absolute atomic E-state index is 5.82. The first-order chi connectivity index (χ1) is 17.8. The lowest BCUT2D eigenvalue weighted by atomic mass is 9.92. The number of hydrogen-bond donors (Lipinski definition) is 3. The molecule has 5 rings (SSSR count). The summed E-state index contributed by atoms with van der Waals surface area (Å²) in [6, 6.07) is 16.2. The van der Waals surface area contributed by atoms with Crippen LogP contribution in [0.5, 0.6) is 11.8 Å². The number of rotatable bonds is 8. The van der Waals surface area contributed by atoms with E-state index in [-0.39, 0.29) is 11.4 Å². The van der Waals surface area contributed by atoms with E-state index in [9.17, 15) is 0 Å². The summed E-state index contributed by atoms with van der Waals surface area (Å²) < 4.78 is 7.84. The van der Waals surface area contributed by atoms with Gasteiger partial charge in [-0.15, -0.1) is 0 Å². The highest BCUT2D eigenvalue weighted by Crippen LogP contribution is 2.27. The van der Waals surface area contributed by atoms with Gasteiger partial charge in [0.2, 0.25) is 5.95 Å². The van der Waals surface area contributed by atoms with Crippen LogP contribution in [0.15, 0.2) is 60.9 Å². The number of anilines is 3. The topological polar surface area (TPSA) is 106 Å². The van der Waals surface area contributed by atoms with Crippen molar-refractivity contribution < 1.29 is 4.74 Å². The minimum Gasteiger partial charge on any atom is -0.424 e. The quantitative estimate of drug-likeness (QED) is 0.211. The molecule has 3 N–H and O–H groups in total. The van der Waals surface area contributed by atoms with Crippen molar-refractivity contribution in [3.63, 3.8) is 0 Å². The van der Waals surface area contributed by atoms with Gasteiger partial charge >= 0.3 is 6.01 Å². The number of aromatic amines is 1. The van der Waals surface area contributed by atoms with Crippen LogP contribution in [0.1, 0.15) is 39.0 Å². The standard InChI is InChI=1S/C27H29ClN8O/c1-5-36-22-12-19(32-24-13-23(34-35-24)27(2,3)4)8-11-21(22)33-25(36)29-14-17-6-9-20(10-7-17)37-26-30-15-18(28)16-31-26/h6-13,15-16H,5,14H2,1-4H3,(H,29,33)(H2,32,34,35). The van der Waals surface area contributed by atoms with Crippen molar-refractivity contribution >= 4 is 40.1 Å². The number of benzene rings is 2. The zero-order valence-corrected chi connectivity index (χ0v) is 22.0. The Labute approximate surface area is 220 Å². The van der Waals surface area contributed by atoms with E-state index in [1.165, 1.54) is 12.4 Å². The number of nitrogens with zero attached hydrogens (tertiary/aromatic N) is 5. The fraction of sp³-hybridized carbons (Fsp3) is 0.259. The van der Waals surface area contributed by atoms with E-state index in [4.69, 9.17) is 21.3 Å². The Morgan fingerprint density at radius 1 is 1.03 bits per heavy atom. The van der Waals surface area contributed by atoms with E-state index >= 15 is 0 Å². The molecule has 190 valence electrons. The van der Waals surface area contributed by atoms with Gasteiger partial charge in [0, 0.05) is 36.0 Å². The highest BCUT2D eigenvalue weighted by molar-refractivity contribution is 6.30. The molecule has 0 amide bonds. The van der Waals surface area contributed by atoms with Gasteiger partial charge in [-0.05, 0) is 42.8 Å². The Balaban J connectivity index is 1.27. The normalized spacial score (nSPS) is 11.6. The lowest BCUT2D eigenvalue weighted by Gasteiger charge is -2.14. The Morgan fingerprint density at radius 2 is 1.78 bits per heavy atom. The Morgan fingerprint density at radius 3 is 2.46 bits per heavy atom. The summed E-state index contributed by atoms with van der Waals surface area (Å²) in [5, 5.41) is 14.9. The van der Waals surface area contributed by atoms with Gasteiger partial charge < -0.3 is 19.9 Å². The molecule has 0 aliphatic heterocycles. The largest absolute Gasteiger partial charge is 0.424 e. The zero-order chi connectivity index (χ0) is 26.0. The molecule has 10 heteroatoms. The molecular weight excluding hydrogens is 488 g/mol. The van der Waals surface area contributed by atoms with Gasteiger partial charge in [0.1, 0.15) is 5.75 Å². The number of H-pyrrole nitrogens is 1. The third-order valence-electron chi connectivity index (χ3n) is 5.90. The highest BCUT2D eigenvalue weighted by Gasteiger charge is 2.17. The Kier molecular flexibility index (Phi) is 6.71. The molecule has 0 atom stereocenters. The molecule has 3 heterocycles. The first-order valence-corrected chi connectivity index (χ1v) is 12.5. The number of aromatic nitrogens is 6. The van der Waals surface area contributed by atoms with Crippen molar-refractivity contribution in [3.8, 4) is 11.8 Å². The monoisotopic (exact) mass is 516 g/mol. The molecule has 5 aromatic rings. The van der Waals surface area contributed by atoms with E-state index in [2.05, 4.69) is 69.1 Å². The summed E-state index contributed by atoms with van der Waals surface area (Å²) in [6.45, 7) is 9.98. The average Bonchev–Trinajstić information content (AvgIpc) is 3.49. The molecule has 0 spiro atoms. The van der Waals surface area contributed by atoms with Crippen molar-refractivity contribution in [2.24, 2.45) is 0 Å². The minimum absolute atomic E-state index is 0.0107. The summed E-state index contributed by atoms with van der Waals surface area (Å²) in [5.74, 6) is 2.26. The molecular formula is C27H29ClN8O. The number of nitrogens with one attached hydrogen (secondary N) is 3. The van der Waals surface area contributed by atoms with E-state index in [1.54, 1.807) is 0 Å². The molecule has 0 unspecified atom stereocenters. The Hall–Kier alpha value is -4.11. The molecule has 9 nitrogen and oxygen atoms in total. The van der Waals surface area contributed by atoms with Crippen LogP contribution >= 0.6 is 11.6 Å². The number of fused-ring (bicyclic) bond motifs is 1. The van der Waals surface area contributed by atoms with Crippen LogP contribution in [0.2, 0.25) is 5.02 Å². The summed E-state index contributed by atoms with van der Waals surface area (Å²) >= 11 is 5.82. The van der Waals surface area contributed by atoms with Crippen molar-refractivity contribution in [3.05, 3.63) is 77.2 Å². The van der Waals surface area contributed by atoms with Gasteiger partial charge in [0.25, 0.3) is 0 Å². The molecule has 0 radical (unpaired) electrons. The van der Waals surface area contributed by atoms with E-state index in [0.29, 0.717) is 17.3 Å². The summed E-state index contributed by atoms with van der Waals surface area (Å²) in [7, 11) is 0. The molecule has 0 aliphatic carbocycles. The second-order valence-corrected chi connectivity index (χ2v) is 10.1. The van der Waals surface area contributed by atoms with Crippen molar-refractivity contribution in [1.82, 2.24) is 29.7 Å². The van der Waals surface area contributed by atoms with Crippen LogP contribution in [-0.4, -0.2) is 29.7 Å². The predicted molar refractivity (Wildman–Crippen MR) is 147 cm³/mol. The predicted octanol–water partition coefficient (Wildman–Crippen LogP) is 6.67. The summed E-state index contributed by atoms with van der Waals surface area (Å²) in [4.78, 5) is 12.9. The number of hydrogen-bond acceptors (Lipinski definition) is 7. The third kappa shape index (κ3) is 5.67. The van der Waals surface area contributed by atoms with Crippen LogP contribution in [0.25, 0.3) is 11.0 Å². The molecule has 0 saturated carbocycles. The smallest absolute Gasteiger partial charge is 0.321 e. The number of ether oxygens (including phenoxy) is 1. The fourth-order valence-corrected chi connectivity index (χ4v) is 3.99. The van der Waals surface area contributed by atoms with Crippen molar-refractivity contribution in [1.29, 1.82) is 0 Å². The van der Waals surface area contributed by atoms with Gasteiger partial charge in [0.15, 0.2) is 5.82 Å². The maximum Gasteiger partial charge on any atom is 0.321 e.